The predicted molar refractivity (Wildman–Crippen MR) is 352 cm³/mol. The Hall–Kier alpha value is -3.82. The first-order valence-electron chi connectivity index (χ1n) is 21.0. The van der Waals surface area contributed by atoms with Gasteiger partial charge in [0, 0.05) is 96.7 Å². The van der Waals surface area contributed by atoms with Crippen LogP contribution >= 0.6 is 167 Å². The number of thioether (sulfide) groups is 4. The SMILES string of the molecule is C.C.C=c1sc(=S)c2ccc3c4c(ccc1c42)C(=S)SC3=S.C=c1sc(=S)c2ccc3c4ccc5c6c(ccc(c7ccc1c2c73)c64)C(=S)SC5=S.O=C1SC(=S)c2ccc3c4c(ccc1c24)C(=S)SC3=O. The Bertz CT molecular complexity index is 4390. The number of carbonyl (C=O) groups is 2. The molecule has 0 atom stereocenters. The first-order valence-corrected chi connectivity index (χ1v) is 29.1. The van der Waals surface area contributed by atoms with Crippen LogP contribution in [0.4, 0.5) is 0 Å². The molecule has 0 unspecified atom stereocenters. The van der Waals surface area contributed by atoms with Gasteiger partial charge >= 0.3 is 0 Å². The fourth-order valence-corrected chi connectivity index (χ4v) is 18.5. The van der Waals surface area contributed by atoms with E-state index < -0.39 is 0 Å². The molecule has 0 N–H and O–H groups in total. The molecular formula is C56H28O2S14. The van der Waals surface area contributed by atoms with Crippen LogP contribution in [0, 0.1) is 7.65 Å². The van der Waals surface area contributed by atoms with Gasteiger partial charge in [0.2, 0.25) is 10.2 Å². The molecule has 0 fully saturated rings. The molecule has 0 radical (unpaired) electrons. The summed E-state index contributed by atoms with van der Waals surface area (Å²) in [5, 5.41) is 18.3. The lowest BCUT2D eigenvalue weighted by molar-refractivity contribution is 0.108. The Morgan fingerprint density at radius 1 is 0.278 bits per heavy atom. The second kappa shape index (κ2) is 18.5. The molecule has 0 spiro atoms. The maximum Gasteiger partial charge on any atom is 0.225 e. The summed E-state index contributed by atoms with van der Waals surface area (Å²) in [5.41, 5.74) is 7.36. The van der Waals surface area contributed by atoms with Crippen LogP contribution in [0.25, 0.3) is 99.3 Å². The van der Waals surface area contributed by atoms with E-state index >= 15 is 0 Å². The van der Waals surface area contributed by atoms with Crippen molar-refractivity contribution in [3.8, 4) is 0 Å². The van der Waals surface area contributed by atoms with E-state index in [2.05, 4.69) is 86.0 Å². The van der Waals surface area contributed by atoms with E-state index in [0.717, 1.165) is 123 Å². The van der Waals surface area contributed by atoms with Crippen LogP contribution in [0.15, 0.2) is 97.1 Å². The van der Waals surface area contributed by atoms with Crippen molar-refractivity contribution in [3.05, 3.63) is 158 Å². The van der Waals surface area contributed by atoms with Crippen LogP contribution in [0.3, 0.4) is 0 Å². The summed E-state index contributed by atoms with van der Waals surface area (Å²) >= 11 is 52.4. The fourth-order valence-electron chi connectivity index (χ4n) is 10.3. The van der Waals surface area contributed by atoms with Crippen molar-refractivity contribution in [2.45, 2.75) is 14.9 Å². The molecule has 16 heteroatoms. The van der Waals surface area contributed by atoms with Gasteiger partial charge in [-0.05, 0) is 78.7 Å². The molecule has 72 heavy (non-hydrogen) atoms. The Kier molecular flexibility index (Phi) is 12.9. The zero-order valence-corrected chi connectivity index (χ0v) is 46.6. The van der Waals surface area contributed by atoms with Gasteiger partial charge < -0.3 is 0 Å². The van der Waals surface area contributed by atoms with Crippen molar-refractivity contribution in [1.82, 2.24) is 0 Å². The number of thiocarbonyl (C=S) groups is 6. The lowest BCUT2D eigenvalue weighted by Gasteiger charge is -2.23. The van der Waals surface area contributed by atoms with Gasteiger partial charge in [-0.1, -0.05) is 234 Å². The quantitative estimate of drug-likeness (QED) is 0.0821. The van der Waals surface area contributed by atoms with Crippen molar-refractivity contribution < 1.29 is 9.59 Å². The molecule has 4 aliphatic heterocycles. The topological polar surface area (TPSA) is 34.1 Å². The second-order valence-electron chi connectivity index (χ2n) is 16.6. The smallest absolute Gasteiger partial charge is 0.225 e. The molecule has 0 amide bonds. The van der Waals surface area contributed by atoms with Crippen LogP contribution in [0.5, 0.6) is 0 Å². The van der Waals surface area contributed by atoms with Crippen LogP contribution in [-0.2, 0) is 0 Å². The highest BCUT2D eigenvalue weighted by Gasteiger charge is 2.32. The van der Waals surface area contributed by atoms with Gasteiger partial charge in [0.15, 0.2) is 0 Å². The van der Waals surface area contributed by atoms with E-state index in [1.165, 1.54) is 77.4 Å². The zero-order chi connectivity index (χ0) is 48.3. The Morgan fingerprint density at radius 2 is 0.500 bits per heavy atom. The van der Waals surface area contributed by atoms with E-state index in [-0.39, 0.29) is 25.1 Å². The number of benzene rings is 9. The highest BCUT2D eigenvalue weighted by atomic mass is 32.2. The van der Waals surface area contributed by atoms with Gasteiger partial charge in [-0.15, -0.1) is 22.7 Å². The minimum absolute atomic E-state index is 0. The summed E-state index contributed by atoms with van der Waals surface area (Å²) in [7, 11) is 0. The van der Waals surface area contributed by atoms with E-state index in [9.17, 15) is 9.59 Å². The number of rotatable bonds is 0. The first kappa shape index (κ1) is 50.3. The average molecular weight is 1180 g/mol. The monoisotopic (exact) mass is 1180 g/mol. The van der Waals surface area contributed by atoms with Gasteiger partial charge in [-0.3, -0.25) is 9.59 Å². The summed E-state index contributed by atoms with van der Waals surface area (Å²) in [6.45, 7) is 8.41. The molecule has 6 heterocycles. The molecule has 0 saturated carbocycles. The summed E-state index contributed by atoms with van der Waals surface area (Å²) in [6.07, 6.45) is 0. The summed E-state index contributed by atoms with van der Waals surface area (Å²) < 4.78 is 8.35. The molecule has 0 saturated heterocycles. The number of carbonyl (C=O) groups excluding carboxylic acids is 2. The molecule has 11 aromatic rings. The predicted octanol–water partition coefficient (Wildman–Crippen LogP) is 18.2. The van der Waals surface area contributed by atoms with Crippen molar-refractivity contribution in [2.24, 2.45) is 0 Å². The van der Waals surface area contributed by atoms with Crippen molar-refractivity contribution in [2.75, 3.05) is 0 Å². The molecule has 2 nitrogen and oxygen atoms in total. The van der Waals surface area contributed by atoms with Gasteiger partial charge in [-0.2, -0.15) is 0 Å². The highest BCUT2D eigenvalue weighted by Crippen LogP contribution is 2.48. The summed E-state index contributed by atoms with van der Waals surface area (Å²) in [4.78, 5) is 24.3. The molecule has 15 rings (SSSR count). The van der Waals surface area contributed by atoms with Gasteiger partial charge in [0.1, 0.15) is 0 Å². The van der Waals surface area contributed by atoms with Gasteiger partial charge in [-0.25, -0.2) is 0 Å². The van der Waals surface area contributed by atoms with Crippen LogP contribution < -0.4 is 9.06 Å². The first-order chi connectivity index (χ1) is 33.7. The molecule has 2 aromatic heterocycles. The van der Waals surface area contributed by atoms with Crippen LogP contribution in [-0.4, -0.2) is 35.4 Å². The largest absolute Gasteiger partial charge is 0.281 e. The van der Waals surface area contributed by atoms with E-state index in [4.69, 9.17) is 97.7 Å². The van der Waals surface area contributed by atoms with Crippen molar-refractivity contribution in [1.29, 1.82) is 0 Å². The summed E-state index contributed by atoms with van der Waals surface area (Å²) in [6, 6.07) is 33.2. The third-order valence-corrected chi connectivity index (χ3v) is 21.9. The molecule has 348 valence electrons. The number of hydrogen-bond acceptors (Lipinski definition) is 16. The van der Waals surface area contributed by atoms with E-state index in [1.807, 2.05) is 12.1 Å². The lowest BCUT2D eigenvalue weighted by Crippen LogP contribution is -2.16. The second-order valence-corrected chi connectivity index (χ2v) is 28.2. The highest BCUT2D eigenvalue weighted by molar-refractivity contribution is 8.39. The normalized spacial score (nSPS) is 14.7. The Morgan fingerprint density at radius 3 is 0.889 bits per heavy atom. The molecular weight excluding hydrogens is 1150 g/mol. The molecule has 0 bridgehead atoms. The van der Waals surface area contributed by atoms with Crippen molar-refractivity contribution >= 4 is 302 Å². The average Bonchev–Trinajstić information content (AvgIpc) is 3.34. The van der Waals surface area contributed by atoms with Crippen LogP contribution in [0.2, 0.25) is 0 Å². The van der Waals surface area contributed by atoms with Gasteiger partial charge in [0.25, 0.3) is 0 Å². The molecule has 9 aromatic carbocycles. The maximum absolute atomic E-state index is 12.1. The van der Waals surface area contributed by atoms with Crippen LogP contribution in [0.1, 0.15) is 68.9 Å². The zero-order valence-electron chi connectivity index (χ0n) is 35.2. The van der Waals surface area contributed by atoms with Crippen molar-refractivity contribution in [3.63, 3.8) is 0 Å². The standard InChI is InChI=1S/C25H10S5.C15H6S5.C14H4O2S4.2CH4/c1-10-11-2-3-12-14-5-8-17-22-18(25(28)30-24(17)27)9-6-15(21(14)22)13-4-7-16(23(26)29-10)19(11)20(12)13;1-6-7-2-3-9-12-10(15(18)20-14(9)17)5-4-8(11(7)12)13(16)19-6;15-11-5-1-3-7-10-6(12(16)20-13(7)17)2-4-8(9(5)10)14(18)19-11;;/h2-9H,1H2;2-5H,1H2;1-4H;2*1H4. The molecule has 0 aliphatic carbocycles. The maximum atomic E-state index is 12.1. The number of fused-ring (bicyclic) bond motifs is 2. The van der Waals surface area contributed by atoms with E-state index in [0.29, 0.717) is 19.5 Å². The Balaban J connectivity index is 0.000000119. The third kappa shape index (κ3) is 7.31. The minimum atomic E-state index is -0.0669. The molecule has 4 aliphatic rings. The number of hydrogen-bond donors (Lipinski definition) is 0. The minimum Gasteiger partial charge on any atom is -0.281 e. The van der Waals surface area contributed by atoms with E-state index in [1.54, 1.807) is 34.8 Å². The lowest BCUT2D eigenvalue weighted by atomic mass is 9.86. The Labute approximate surface area is 479 Å². The summed E-state index contributed by atoms with van der Waals surface area (Å²) in [5.74, 6) is 0. The fraction of sp³-hybridized carbons (Fsp3) is 0.0357. The third-order valence-electron chi connectivity index (χ3n) is 13.2. The van der Waals surface area contributed by atoms with Gasteiger partial charge in [0.05, 0.1) is 32.8 Å².